The fraction of sp³-hybridized carbons (Fsp3) is 0.333. The Labute approximate surface area is 102 Å². The SMILES string of the molecule is CCC(C)(C)C(=O)c1cccc2cnccc12. The molecule has 0 atom stereocenters. The van der Waals surface area contributed by atoms with Gasteiger partial charge >= 0.3 is 0 Å². The number of benzene rings is 1. The van der Waals surface area contributed by atoms with E-state index in [9.17, 15) is 4.79 Å². The summed E-state index contributed by atoms with van der Waals surface area (Å²) in [7, 11) is 0. The fourth-order valence-corrected chi connectivity index (χ4v) is 1.85. The van der Waals surface area contributed by atoms with Gasteiger partial charge in [0.05, 0.1) is 0 Å². The highest BCUT2D eigenvalue weighted by Gasteiger charge is 2.27. The van der Waals surface area contributed by atoms with Crippen LogP contribution in [0.5, 0.6) is 0 Å². The van der Waals surface area contributed by atoms with E-state index in [4.69, 9.17) is 0 Å². The topological polar surface area (TPSA) is 30.0 Å². The molecule has 0 aliphatic heterocycles. The number of aromatic nitrogens is 1. The first kappa shape index (κ1) is 11.8. The number of rotatable bonds is 3. The minimum absolute atomic E-state index is 0.205. The van der Waals surface area contributed by atoms with Gasteiger partial charge in [0.1, 0.15) is 0 Å². The molecule has 0 amide bonds. The van der Waals surface area contributed by atoms with Gasteiger partial charge < -0.3 is 0 Å². The molecule has 2 nitrogen and oxygen atoms in total. The molecule has 2 aromatic rings. The maximum Gasteiger partial charge on any atom is 0.169 e. The summed E-state index contributed by atoms with van der Waals surface area (Å²) in [5.74, 6) is 0.205. The third-order valence-corrected chi connectivity index (χ3v) is 3.42. The highest BCUT2D eigenvalue weighted by Crippen LogP contribution is 2.29. The summed E-state index contributed by atoms with van der Waals surface area (Å²) >= 11 is 0. The first-order valence-corrected chi connectivity index (χ1v) is 5.94. The van der Waals surface area contributed by atoms with E-state index in [1.54, 1.807) is 12.4 Å². The minimum atomic E-state index is -0.308. The maximum absolute atomic E-state index is 12.5. The zero-order valence-electron chi connectivity index (χ0n) is 10.5. The van der Waals surface area contributed by atoms with E-state index in [0.717, 1.165) is 22.8 Å². The number of nitrogens with zero attached hydrogens (tertiary/aromatic N) is 1. The summed E-state index contributed by atoms with van der Waals surface area (Å²) in [6.45, 7) is 6.04. The van der Waals surface area contributed by atoms with E-state index < -0.39 is 0 Å². The van der Waals surface area contributed by atoms with Gasteiger partial charge in [0.15, 0.2) is 5.78 Å². The molecule has 0 unspecified atom stereocenters. The van der Waals surface area contributed by atoms with Crippen LogP contribution in [0.25, 0.3) is 10.8 Å². The number of pyridine rings is 1. The number of hydrogen-bond acceptors (Lipinski definition) is 2. The molecule has 0 N–H and O–H groups in total. The van der Waals surface area contributed by atoms with Gasteiger partial charge in [-0.25, -0.2) is 0 Å². The zero-order chi connectivity index (χ0) is 12.5. The predicted molar refractivity (Wildman–Crippen MR) is 70.1 cm³/mol. The monoisotopic (exact) mass is 227 g/mol. The second-order valence-electron chi connectivity index (χ2n) is 4.97. The van der Waals surface area contributed by atoms with Crippen molar-refractivity contribution in [1.29, 1.82) is 0 Å². The molecule has 0 saturated heterocycles. The number of ketones is 1. The largest absolute Gasteiger partial charge is 0.294 e. The van der Waals surface area contributed by atoms with Crippen LogP contribution in [-0.4, -0.2) is 10.8 Å². The second-order valence-corrected chi connectivity index (χ2v) is 4.97. The van der Waals surface area contributed by atoms with Crippen LogP contribution in [0.4, 0.5) is 0 Å². The number of Topliss-reactive ketones (excluding diaryl/α,β-unsaturated/α-hetero) is 1. The molecule has 0 spiro atoms. The first-order chi connectivity index (χ1) is 8.06. The van der Waals surface area contributed by atoms with Crippen molar-refractivity contribution in [2.75, 3.05) is 0 Å². The van der Waals surface area contributed by atoms with Crippen LogP contribution in [-0.2, 0) is 0 Å². The highest BCUT2D eigenvalue weighted by molar-refractivity contribution is 6.10. The van der Waals surface area contributed by atoms with Crippen molar-refractivity contribution < 1.29 is 4.79 Å². The maximum atomic E-state index is 12.5. The van der Waals surface area contributed by atoms with Crippen LogP contribution in [0.3, 0.4) is 0 Å². The molecule has 2 rings (SSSR count). The molecule has 2 heteroatoms. The molecule has 17 heavy (non-hydrogen) atoms. The molecule has 1 aromatic heterocycles. The number of carbonyl (C=O) groups is 1. The number of fused-ring (bicyclic) bond motifs is 1. The summed E-state index contributed by atoms with van der Waals surface area (Å²) < 4.78 is 0. The standard InChI is InChI=1S/C15H17NO/c1-4-15(2,3)14(17)13-7-5-6-11-10-16-9-8-12(11)13/h5-10H,4H2,1-3H3. The van der Waals surface area contributed by atoms with E-state index >= 15 is 0 Å². The van der Waals surface area contributed by atoms with Crippen molar-refractivity contribution in [3.8, 4) is 0 Å². The second kappa shape index (κ2) is 4.28. The number of carbonyl (C=O) groups excluding carboxylic acids is 1. The Hall–Kier alpha value is -1.70. The lowest BCUT2D eigenvalue weighted by molar-refractivity contribution is 0.0835. The van der Waals surface area contributed by atoms with Crippen molar-refractivity contribution in [2.24, 2.45) is 5.41 Å². The zero-order valence-corrected chi connectivity index (χ0v) is 10.5. The summed E-state index contributed by atoms with van der Waals surface area (Å²) in [4.78, 5) is 16.6. The van der Waals surface area contributed by atoms with E-state index in [0.29, 0.717) is 0 Å². The molecule has 0 aliphatic rings. The average Bonchev–Trinajstić information content (AvgIpc) is 2.37. The van der Waals surface area contributed by atoms with Crippen LogP contribution in [0.15, 0.2) is 36.7 Å². The Bertz CT molecular complexity index is 552. The van der Waals surface area contributed by atoms with Crippen molar-refractivity contribution in [2.45, 2.75) is 27.2 Å². The normalized spacial score (nSPS) is 11.7. The number of hydrogen-bond donors (Lipinski definition) is 0. The van der Waals surface area contributed by atoms with Crippen molar-refractivity contribution in [3.63, 3.8) is 0 Å². The van der Waals surface area contributed by atoms with E-state index in [-0.39, 0.29) is 11.2 Å². The average molecular weight is 227 g/mol. The molecule has 0 bridgehead atoms. The van der Waals surface area contributed by atoms with Crippen LogP contribution < -0.4 is 0 Å². The molecule has 0 aliphatic carbocycles. The van der Waals surface area contributed by atoms with Gasteiger partial charge in [-0.2, -0.15) is 0 Å². The lowest BCUT2D eigenvalue weighted by Crippen LogP contribution is -2.23. The highest BCUT2D eigenvalue weighted by atomic mass is 16.1. The molecule has 1 aromatic carbocycles. The Balaban J connectivity index is 2.60. The van der Waals surface area contributed by atoms with Crippen LogP contribution in [0, 0.1) is 5.41 Å². The van der Waals surface area contributed by atoms with Gasteiger partial charge in [0.25, 0.3) is 0 Å². The molecule has 0 radical (unpaired) electrons. The smallest absolute Gasteiger partial charge is 0.169 e. The van der Waals surface area contributed by atoms with Crippen molar-refractivity contribution >= 4 is 16.6 Å². The third kappa shape index (κ3) is 2.07. The van der Waals surface area contributed by atoms with E-state index in [1.165, 1.54) is 0 Å². The van der Waals surface area contributed by atoms with Gasteiger partial charge in [-0.1, -0.05) is 39.0 Å². The van der Waals surface area contributed by atoms with Gasteiger partial charge in [0.2, 0.25) is 0 Å². The minimum Gasteiger partial charge on any atom is -0.294 e. The van der Waals surface area contributed by atoms with Crippen molar-refractivity contribution in [3.05, 3.63) is 42.2 Å². The first-order valence-electron chi connectivity index (χ1n) is 5.94. The van der Waals surface area contributed by atoms with E-state index in [1.807, 2.05) is 45.0 Å². The van der Waals surface area contributed by atoms with Gasteiger partial charge in [-0.15, -0.1) is 0 Å². The molecule has 88 valence electrons. The van der Waals surface area contributed by atoms with Gasteiger partial charge in [-0.05, 0) is 17.9 Å². The van der Waals surface area contributed by atoms with Crippen molar-refractivity contribution in [1.82, 2.24) is 4.98 Å². The lowest BCUT2D eigenvalue weighted by atomic mass is 9.81. The summed E-state index contributed by atoms with van der Waals surface area (Å²) in [6, 6.07) is 7.72. The molecule has 1 heterocycles. The van der Waals surface area contributed by atoms with Crippen LogP contribution in [0.1, 0.15) is 37.6 Å². The van der Waals surface area contributed by atoms with Crippen LogP contribution >= 0.6 is 0 Å². The van der Waals surface area contributed by atoms with E-state index in [2.05, 4.69) is 4.98 Å². The molecular weight excluding hydrogens is 210 g/mol. The Morgan fingerprint density at radius 3 is 2.76 bits per heavy atom. The quantitative estimate of drug-likeness (QED) is 0.745. The summed E-state index contributed by atoms with van der Waals surface area (Å²) in [5.41, 5.74) is 0.495. The lowest BCUT2D eigenvalue weighted by Gasteiger charge is -2.21. The molecular formula is C15H17NO. The van der Waals surface area contributed by atoms with Crippen LogP contribution in [0.2, 0.25) is 0 Å². The summed E-state index contributed by atoms with van der Waals surface area (Å²) in [5, 5.41) is 2.01. The predicted octanol–water partition coefficient (Wildman–Crippen LogP) is 3.85. The fourth-order valence-electron chi connectivity index (χ4n) is 1.85. The molecule has 0 saturated carbocycles. The molecule has 0 fully saturated rings. The van der Waals surface area contributed by atoms with Gasteiger partial charge in [-0.3, -0.25) is 9.78 Å². The Kier molecular flexibility index (Phi) is 2.97. The third-order valence-electron chi connectivity index (χ3n) is 3.42. The summed E-state index contributed by atoms with van der Waals surface area (Å²) in [6.07, 6.45) is 4.37. The van der Waals surface area contributed by atoms with Gasteiger partial charge in [0, 0.05) is 28.8 Å². The Morgan fingerprint density at radius 1 is 1.29 bits per heavy atom. The Morgan fingerprint density at radius 2 is 2.06 bits per heavy atom.